The number of phenolic OH excluding ortho intramolecular Hbond substituents is 2. The van der Waals surface area contributed by atoms with E-state index in [0.29, 0.717) is 6.54 Å². The van der Waals surface area contributed by atoms with Crippen molar-refractivity contribution in [1.29, 1.82) is 0 Å². The minimum Gasteiger partial charge on any atom is -0.508 e. The Labute approximate surface area is 107 Å². The van der Waals surface area contributed by atoms with Crippen molar-refractivity contribution in [1.82, 2.24) is 10.2 Å². The van der Waals surface area contributed by atoms with E-state index in [2.05, 4.69) is 5.32 Å². The lowest BCUT2D eigenvalue weighted by Crippen LogP contribution is -2.48. The Kier molecular flexibility index (Phi) is 4.19. The van der Waals surface area contributed by atoms with E-state index >= 15 is 0 Å². The van der Waals surface area contributed by atoms with E-state index in [9.17, 15) is 15.0 Å². The predicted molar refractivity (Wildman–Crippen MR) is 69.9 cm³/mol. The molecule has 0 saturated carbocycles. The first-order valence-electron chi connectivity index (χ1n) is 5.71. The number of benzene rings is 1. The molecule has 0 radical (unpaired) electrons. The first-order chi connectivity index (χ1) is 8.24. The van der Waals surface area contributed by atoms with Crippen molar-refractivity contribution in [2.45, 2.75) is 19.4 Å². The van der Waals surface area contributed by atoms with Crippen LogP contribution in [0.25, 0.3) is 0 Å². The van der Waals surface area contributed by atoms with Crippen LogP contribution >= 0.6 is 0 Å². The monoisotopic (exact) mass is 252 g/mol. The third-order valence-electron chi connectivity index (χ3n) is 3.12. The highest BCUT2D eigenvalue weighted by molar-refractivity contribution is 5.97. The van der Waals surface area contributed by atoms with Crippen LogP contribution in [-0.4, -0.2) is 47.2 Å². The topological polar surface area (TPSA) is 72.8 Å². The molecule has 0 aromatic heterocycles. The molecule has 1 aromatic carbocycles. The van der Waals surface area contributed by atoms with Crippen molar-refractivity contribution in [3.8, 4) is 11.5 Å². The molecule has 0 fully saturated rings. The van der Waals surface area contributed by atoms with Gasteiger partial charge in [0, 0.05) is 12.1 Å². The second kappa shape index (κ2) is 5.27. The Hall–Kier alpha value is -1.75. The van der Waals surface area contributed by atoms with Crippen molar-refractivity contribution < 1.29 is 15.0 Å². The van der Waals surface area contributed by atoms with E-state index in [1.807, 2.05) is 32.8 Å². The standard InChI is InChI=1S/C13H20N2O3/c1-13(2,15(3)4)8-14-12(18)10-7-9(16)5-6-11(10)17/h5-7,16-17H,8H2,1-4H3,(H,14,18). The molecule has 1 rings (SSSR count). The third-order valence-corrected chi connectivity index (χ3v) is 3.12. The number of phenols is 2. The number of aromatic hydroxyl groups is 2. The van der Waals surface area contributed by atoms with Gasteiger partial charge in [0.1, 0.15) is 11.5 Å². The van der Waals surface area contributed by atoms with Crippen LogP contribution in [0.1, 0.15) is 24.2 Å². The van der Waals surface area contributed by atoms with E-state index in [1.165, 1.54) is 18.2 Å². The maximum absolute atomic E-state index is 11.9. The van der Waals surface area contributed by atoms with E-state index in [4.69, 9.17) is 0 Å². The highest BCUT2D eigenvalue weighted by Gasteiger charge is 2.22. The lowest BCUT2D eigenvalue weighted by molar-refractivity contribution is 0.0916. The molecule has 1 amide bonds. The molecule has 18 heavy (non-hydrogen) atoms. The lowest BCUT2D eigenvalue weighted by Gasteiger charge is -2.32. The van der Waals surface area contributed by atoms with E-state index in [-0.39, 0.29) is 22.6 Å². The van der Waals surface area contributed by atoms with E-state index in [1.54, 1.807) is 0 Å². The zero-order valence-corrected chi connectivity index (χ0v) is 11.2. The SMILES string of the molecule is CN(C)C(C)(C)CNC(=O)c1cc(O)ccc1O. The van der Waals surface area contributed by atoms with Gasteiger partial charge < -0.3 is 20.4 Å². The largest absolute Gasteiger partial charge is 0.508 e. The quantitative estimate of drug-likeness (QED) is 0.703. The first-order valence-corrected chi connectivity index (χ1v) is 5.71. The molecular formula is C13H20N2O3. The number of rotatable bonds is 4. The predicted octanol–water partition coefficient (Wildman–Crippen LogP) is 1.17. The minimum atomic E-state index is -0.404. The number of hydrogen-bond donors (Lipinski definition) is 3. The zero-order chi connectivity index (χ0) is 13.9. The summed E-state index contributed by atoms with van der Waals surface area (Å²) in [6.45, 7) is 4.43. The van der Waals surface area contributed by atoms with Gasteiger partial charge in [0.15, 0.2) is 0 Å². The Morgan fingerprint density at radius 2 is 1.94 bits per heavy atom. The fraction of sp³-hybridized carbons (Fsp3) is 0.462. The smallest absolute Gasteiger partial charge is 0.255 e. The molecule has 1 aromatic rings. The minimum absolute atomic E-state index is 0.0511. The fourth-order valence-corrected chi connectivity index (χ4v) is 1.26. The lowest BCUT2D eigenvalue weighted by atomic mass is 10.0. The van der Waals surface area contributed by atoms with Crippen LogP contribution in [0, 0.1) is 0 Å². The Balaban J connectivity index is 2.75. The molecule has 5 nitrogen and oxygen atoms in total. The Morgan fingerprint density at radius 1 is 1.33 bits per heavy atom. The van der Waals surface area contributed by atoms with Crippen molar-refractivity contribution in [2.75, 3.05) is 20.6 Å². The highest BCUT2D eigenvalue weighted by Crippen LogP contribution is 2.22. The summed E-state index contributed by atoms with van der Waals surface area (Å²) in [7, 11) is 3.86. The second-order valence-electron chi connectivity index (χ2n) is 5.09. The average molecular weight is 252 g/mol. The fourth-order valence-electron chi connectivity index (χ4n) is 1.26. The number of carbonyl (C=O) groups is 1. The molecule has 0 aliphatic carbocycles. The molecule has 0 aliphatic rings. The molecule has 0 aliphatic heterocycles. The Morgan fingerprint density at radius 3 is 2.50 bits per heavy atom. The normalized spacial score (nSPS) is 11.6. The molecule has 0 unspecified atom stereocenters. The van der Waals surface area contributed by atoms with E-state index < -0.39 is 5.91 Å². The summed E-state index contributed by atoms with van der Waals surface area (Å²) < 4.78 is 0. The molecule has 0 atom stereocenters. The van der Waals surface area contributed by atoms with Gasteiger partial charge in [-0.3, -0.25) is 4.79 Å². The summed E-state index contributed by atoms with van der Waals surface area (Å²) in [6.07, 6.45) is 0. The highest BCUT2D eigenvalue weighted by atomic mass is 16.3. The van der Waals surface area contributed by atoms with Gasteiger partial charge in [-0.05, 0) is 46.1 Å². The zero-order valence-electron chi connectivity index (χ0n) is 11.2. The first kappa shape index (κ1) is 14.3. The van der Waals surface area contributed by atoms with Gasteiger partial charge in [0.25, 0.3) is 5.91 Å². The maximum atomic E-state index is 11.9. The second-order valence-corrected chi connectivity index (χ2v) is 5.09. The van der Waals surface area contributed by atoms with Gasteiger partial charge in [-0.2, -0.15) is 0 Å². The number of nitrogens with zero attached hydrogens (tertiary/aromatic N) is 1. The molecular weight excluding hydrogens is 232 g/mol. The molecule has 100 valence electrons. The number of likely N-dealkylation sites (N-methyl/N-ethyl adjacent to an activating group) is 1. The van der Waals surface area contributed by atoms with Crippen LogP contribution < -0.4 is 5.32 Å². The average Bonchev–Trinajstić information content (AvgIpc) is 2.29. The number of nitrogens with one attached hydrogen (secondary N) is 1. The van der Waals surface area contributed by atoms with Crippen LogP contribution in [0.5, 0.6) is 11.5 Å². The van der Waals surface area contributed by atoms with Crippen LogP contribution in [0.2, 0.25) is 0 Å². The Bertz CT molecular complexity index is 442. The van der Waals surface area contributed by atoms with Gasteiger partial charge >= 0.3 is 0 Å². The summed E-state index contributed by atoms with van der Waals surface area (Å²) in [5.41, 5.74) is -0.119. The summed E-state index contributed by atoms with van der Waals surface area (Å²) in [4.78, 5) is 13.9. The van der Waals surface area contributed by atoms with Crippen LogP contribution in [0.15, 0.2) is 18.2 Å². The van der Waals surface area contributed by atoms with Gasteiger partial charge in [0.2, 0.25) is 0 Å². The molecule has 0 saturated heterocycles. The third kappa shape index (κ3) is 3.37. The van der Waals surface area contributed by atoms with Gasteiger partial charge in [-0.1, -0.05) is 0 Å². The molecule has 0 bridgehead atoms. The maximum Gasteiger partial charge on any atom is 0.255 e. The van der Waals surface area contributed by atoms with Crippen molar-refractivity contribution in [3.63, 3.8) is 0 Å². The number of amides is 1. The molecule has 5 heteroatoms. The summed E-state index contributed by atoms with van der Waals surface area (Å²) in [5.74, 6) is -0.601. The summed E-state index contributed by atoms with van der Waals surface area (Å²) in [5, 5.41) is 21.6. The van der Waals surface area contributed by atoms with Crippen LogP contribution in [0.3, 0.4) is 0 Å². The van der Waals surface area contributed by atoms with E-state index in [0.717, 1.165) is 0 Å². The number of hydrogen-bond acceptors (Lipinski definition) is 4. The summed E-state index contributed by atoms with van der Waals surface area (Å²) >= 11 is 0. The molecule has 0 spiro atoms. The summed E-state index contributed by atoms with van der Waals surface area (Å²) in [6, 6.07) is 3.87. The van der Waals surface area contributed by atoms with Crippen molar-refractivity contribution >= 4 is 5.91 Å². The number of carbonyl (C=O) groups excluding carboxylic acids is 1. The molecule has 3 N–H and O–H groups in total. The van der Waals surface area contributed by atoms with Gasteiger partial charge in [-0.15, -0.1) is 0 Å². The van der Waals surface area contributed by atoms with Crippen molar-refractivity contribution in [2.24, 2.45) is 0 Å². The van der Waals surface area contributed by atoms with Crippen LogP contribution in [-0.2, 0) is 0 Å². The molecule has 0 heterocycles. The van der Waals surface area contributed by atoms with Crippen molar-refractivity contribution in [3.05, 3.63) is 23.8 Å². The van der Waals surface area contributed by atoms with Crippen LogP contribution in [0.4, 0.5) is 0 Å². The van der Waals surface area contributed by atoms with Gasteiger partial charge in [-0.25, -0.2) is 0 Å². The van der Waals surface area contributed by atoms with Gasteiger partial charge in [0.05, 0.1) is 5.56 Å².